The molecule has 2 nitrogen and oxygen atoms in total. The maximum Gasteiger partial charge on any atom is 0.123 e. The van der Waals surface area contributed by atoms with Crippen LogP contribution in [0.3, 0.4) is 0 Å². The Morgan fingerprint density at radius 3 is 2.58 bits per heavy atom. The Hall–Kier alpha value is -1.02. The van der Waals surface area contributed by atoms with E-state index in [1.54, 1.807) is 0 Å². The lowest BCUT2D eigenvalue weighted by Crippen LogP contribution is -2.16. The summed E-state index contributed by atoms with van der Waals surface area (Å²) in [6.07, 6.45) is 10.7. The lowest BCUT2D eigenvalue weighted by molar-refractivity contribution is 0.182. The molecule has 0 radical (unpaired) electrons. The molecule has 2 aliphatic carbocycles. The van der Waals surface area contributed by atoms with Gasteiger partial charge in [0, 0.05) is 6.04 Å². The van der Waals surface area contributed by atoms with E-state index >= 15 is 0 Å². The van der Waals surface area contributed by atoms with Crippen LogP contribution in [0.15, 0.2) is 18.2 Å². The zero-order valence-electron chi connectivity index (χ0n) is 12.0. The van der Waals surface area contributed by atoms with Gasteiger partial charge in [-0.1, -0.05) is 25.0 Å². The molecule has 19 heavy (non-hydrogen) atoms. The first kappa shape index (κ1) is 13.0. The highest BCUT2D eigenvalue weighted by Gasteiger charge is 2.25. The predicted octanol–water partition coefficient (Wildman–Crippen LogP) is 3.99. The number of fused-ring (bicyclic) bond motifs is 1. The fourth-order valence-electron chi connectivity index (χ4n) is 3.57. The van der Waals surface area contributed by atoms with Crippen molar-refractivity contribution in [3.8, 4) is 5.75 Å². The van der Waals surface area contributed by atoms with Gasteiger partial charge in [-0.3, -0.25) is 0 Å². The Bertz CT molecular complexity index is 421. The molecule has 0 spiro atoms. The topological polar surface area (TPSA) is 21.3 Å². The van der Waals surface area contributed by atoms with Crippen LogP contribution in [0.2, 0.25) is 0 Å². The molecule has 0 saturated heterocycles. The molecule has 2 aliphatic rings. The van der Waals surface area contributed by atoms with E-state index in [0.29, 0.717) is 12.1 Å². The van der Waals surface area contributed by atoms with Gasteiger partial charge >= 0.3 is 0 Å². The van der Waals surface area contributed by atoms with E-state index < -0.39 is 0 Å². The van der Waals surface area contributed by atoms with Crippen molar-refractivity contribution in [1.82, 2.24) is 5.32 Å². The second-order valence-electron chi connectivity index (χ2n) is 5.94. The normalized spacial score (nSPS) is 23.9. The van der Waals surface area contributed by atoms with Gasteiger partial charge in [-0.15, -0.1) is 0 Å². The van der Waals surface area contributed by atoms with Crippen LogP contribution >= 0.6 is 0 Å². The van der Waals surface area contributed by atoms with Gasteiger partial charge in [0.25, 0.3) is 0 Å². The van der Waals surface area contributed by atoms with E-state index in [4.69, 9.17) is 4.74 Å². The Labute approximate surface area is 116 Å². The maximum atomic E-state index is 6.34. The first-order valence-electron chi connectivity index (χ1n) is 7.84. The number of hydrogen-bond acceptors (Lipinski definition) is 2. The molecule has 0 aliphatic heterocycles. The molecule has 1 aromatic carbocycles. The summed E-state index contributed by atoms with van der Waals surface area (Å²) in [6.45, 7) is 0. The van der Waals surface area contributed by atoms with Gasteiger partial charge in [-0.05, 0) is 62.8 Å². The Morgan fingerprint density at radius 1 is 1.05 bits per heavy atom. The Morgan fingerprint density at radius 2 is 1.84 bits per heavy atom. The van der Waals surface area contributed by atoms with E-state index in [2.05, 4.69) is 30.6 Å². The summed E-state index contributed by atoms with van der Waals surface area (Å²) in [7, 11) is 2.05. The Balaban J connectivity index is 1.76. The van der Waals surface area contributed by atoms with Crippen LogP contribution in [-0.4, -0.2) is 13.2 Å². The van der Waals surface area contributed by atoms with Crippen LogP contribution in [0.25, 0.3) is 0 Å². The number of benzene rings is 1. The van der Waals surface area contributed by atoms with Crippen LogP contribution in [0.1, 0.15) is 62.1 Å². The van der Waals surface area contributed by atoms with Crippen molar-refractivity contribution in [1.29, 1.82) is 0 Å². The van der Waals surface area contributed by atoms with E-state index in [0.717, 1.165) is 12.2 Å². The van der Waals surface area contributed by atoms with Crippen LogP contribution < -0.4 is 10.1 Å². The average Bonchev–Trinajstić information content (AvgIpc) is 2.69. The second kappa shape index (κ2) is 5.96. The van der Waals surface area contributed by atoms with Crippen molar-refractivity contribution >= 4 is 0 Å². The maximum absolute atomic E-state index is 6.34. The number of rotatable bonds is 3. The van der Waals surface area contributed by atoms with Gasteiger partial charge < -0.3 is 10.1 Å². The minimum Gasteiger partial charge on any atom is -0.490 e. The van der Waals surface area contributed by atoms with Crippen molar-refractivity contribution in [2.24, 2.45) is 0 Å². The summed E-state index contributed by atoms with van der Waals surface area (Å²) in [4.78, 5) is 0. The van der Waals surface area contributed by atoms with E-state index in [-0.39, 0.29) is 0 Å². The zero-order chi connectivity index (χ0) is 13.1. The van der Waals surface area contributed by atoms with Gasteiger partial charge in [0.2, 0.25) is 0 Å². The average molecular weight is 259 g/mol. The van der Waals surface area contributed by atoms with Crippen LogP contribution in [0, 0.1) is 0 Å². The first-order valence-corrected chi connectivity index (χ1v) is 7.84. The van der Waals surface area contributed by atoms with Gasteiger partial charge in [-0.2, -0.15) is 0 Å². The summed E-state index contributed by atoms with van der Waals surface area (Å²) in [6, 6.07) is 7.10. The minimum atomic E-state index is 0.447. The van der Waals surface area contributed by atoms with Crippen molar-refractivity contribution < 1.29 is 4.74 Å². The third kappa shape index (κ3) is 2.79. The monoisotopic (exact) mass is 259 g/mol. The van der Waals surface area contributed by atoms with E-state index in [1.165, 1.54) is 56.1 Å². The van der Waals surface area contributed by atoms with Crippen molar-refractivity contribution in [2.45, 2.75) is 63.5 Å². The molecule has 0 heterocycles. The van der Waals surface area contributed by atoms with Crippen LogP contribution in [0.5, 0.6) is 5.75 Å². The number of nitrogens with one attached hydrogen (secondary N) is 1. The van der Waals surface area contributed by atoms with Gasteiger partial charge in [0.15, 0.2) is 0 Å². The smallest absolute Gasteiger partial charge is 0.123 e. The van der Waals surface area contributed by atoms with Gasteiger partial charge in [0.1, 0.15) is 5.75 Å². The van der Waals surface area contributed by atoms with E-state index in [9.17, 15) is 0 Å². The highest BCUT2D eigenvalue weighted by molar-refractivity contribution is 5.45. The molecule has 2 heteroatoms. The molecule has 1 atom stereocenters. The molecule has 0 bridgehead atoms. The molecule has 0 amide bonds. The van der Waals surface area contributed by atoms with Crippen molar-refractivity contribution in [3.05, 3.63) is 29.3 Å². The summed E-state index contributed by atoms with van der Waals surface area (Å²) >= 11 is 0. The van der Waals surface area contributed by atoms with Crippen molar-refractivity contribution in [2.75, 3.05) is 7.05 Å². The summed E-state index contributed by atoms with van der Waals surface area (Å²) < 4.78 is 6.34. The van der Waals surface area contributed by atoms with Gasteiger partial charge in [0.05, 0.1) is 6.10 Å². The molecule has 1 fully saturated rings. The molecule has 0 aromatic heterocycles. The fourth-order valence-corrected chi connectivity index (χ4v) is 3.57. The van der Waals surface area contributed by atoms with Crippen LogP contribution in [-0.2, 0) is 6.42 Å². The SMILES string of the molecule is CNC1CCc2c(OC3CCCCCC3)cccc21. The van der Waals surface area contributed by atoms with Crippen LogP contribution in [0.4, 0.5) is 0 Å². The highest BCUT2D eigenvalue weighted by atomic mass is 16.5. The third-order valence-electron chi connectivity index (χ3n) is 4.67. The third-order valence-corrected chi connectivity index (χ3v) is 4.67. The lowest BCUT2D eigenvalue weighted by atomic mass is 10.1. The molecule has 104 valence electrons. The minimum absolute atomic E-state index is 0.447. The summed E-state index contributed by atoms with van der Waals surface area (Å²) in [5.74, 6) is 1.15. The Kier molecular flexibility index (Phi) is 4.07. The molecule has 1 unspecified atom stereocenters. The second-order valence-corrected chi connectivity index (χ2v) is 5.94. The molecular formula is C17H25NO. The molecular weight excluding hydrogens is 234 g/mol. The standard InChI is InChI=1S/C17H25NO/c1-18-16-12-11-15-14(16)9-6-10-17(15)19-13-7-4-2-3-5-8-13/h6,9-10,13,16,18H,2-5,7-8,11-12H2,1H3. The van der Waals surface area contributed by atoms with Crippen molar-refractivity contribution in [3.63, 3.8) is 0 Å². The number of ether oxygens (including phenoxy) is 1. The number of hydrogen-bond donors (Lipinski definition) is 1. The molecule has 1 N–H and O–H groups in total. The molecule has 1 saturated carbocycles. The van der Waals surface area contributed by atoms with Gasteiger partial charge in [-0.25, -0.2) is 0 Å². The predicted molar refractivity (Wildman–Crippen MR) is 78.7 cm³/mol. The zero-order valence-corrected chi connectivity index (χ0v) is 12.0. The molecule has 3 rings (SSSR count). The van der Waals surface area contributed by atoms with E-state index in [1.807, 2.05) is 0 Å². The largest absolute Gasteiger partial charge is 0.490 e. The summed E-state index contributed by atoms with van der Waals surface area (Å²) in [5.41, 5.74) is 2.90. The fraction of sp³-hybridized carbons (Fsp3) is 0.647. The first-order chi connectivity index (χ1) is 9.38. The lowest BCUT2D eigenvalue weighted by Gasteiger charge is -2.19. The quantitative estimate of drug-likeness (QED) is 0.829. The highest BCUT2D eigenvalue weighted by Crippen LogP contribution is 2.37. The summed E-state index contributed by atoms with van der Waals surface area (Å²) in [5, 5.41) is 3.41. The molecule has 1 aromatic rings.